The predicted molar refractivity (Wildman–Crippen MR) is 176 cm³/mol. The first-order valence-corrected chi connectivity index (χ1v) is 15.0. The number of guanidine groups is 1. The van der Waals surface area contributed by atoms with Crippen molar-refractivity contribution in [1.82, 2.24) is 30.8 Å². The van der Waals surface area contributed by atoms with Gasteiger partial charge in [-0.05, 0) is 81.4 Å². The summed E-state index contributed by atoms with van der Waals surface area (Å²) < 4.78 is 0. The topological polar surface area (TPSA) is 201 Å². The molecule has 236 valence electrons. The lowest BCUT2D eigenvalue weighted by Crippen LogP contribution is -2.42. The van der Waals surface area contributed by atoms with E-state index in [9.17, 15) is 9.59 Å². The van der Waals surface area contributed by atoms with Gasteiger partial charge in [0.2, 0.25) is 5.91 Å². The molecular weight excluding hydrogens is 580 g/mol. The fourth-order valence-electron chi connectivity index (χ4n) is 4.38. The van der Waals surface area contributed by atoms with Crippen LogP contribution in [0.2, 0.25) is 5.15 Å². The molecule has 0 aliphatic rings. The average molecular weight is 623 g/mol. The molecule has 0 saturated carbocycles. The molecule has 3 aromatic rings. The molecule has 0 saturated heterocycles. The van der Waals surface area contributed by atoms with Gasteiger partial charge in [-0.1, -0.05) is 60.1 Å². The van der Waals surface area contributed by atoms with Gasteiger partial charge in [0.15, 0.2) is 28.4 Å². The van der Waals surface area contributed by atoms with E-state index in [1.54, 1.807) is 0 Å². The van der Waals surface area contributed by atoms with E-state index < -0.39 is 11.9 Å². The Hall–Kier alpha value is -4.26. The SMILES string of the molecule is CN(C)CCC(N)C(=O)NCCCc1ccc(-c2ccc(CCCCNC(=N)NC(=O)c3nc(Cl)c(N)nc3N)cc2)cc1. The van der Waals surface area contributed by atoms with E-state index in [1.807, 2.05) is 19.0 Å². The lowest BCUT2D eigenvalue weighted by molar-refractivity contribution is -0.122. The monoisotopic (exact) mass is 622 g/mol. The third-order valence-corrected chi connectivity index (χ3v) is 7.24. The Labute approximate surface area is 263 Å². The van der Waals surface area contributed by atoms with Crippen molar-refractivity contribution in [2.75, 3.05) is 45.2 Å². The van der Waals surface area contributed by atoms with Gasteiger partial charge in [0.05, 0.1) is 6.04 Å². The first-order valence-electron chi connectivity index (χ1n) is 14.6. The minimum absolute atomic E-state index is 0.0677. The van der Waals surface area contributed by atoms with E-state index in [4.69, 9.17) is 34.2 Å². The van der Waals surface area contributed by atoms with Crippen LogP contribution in [-0.2, 0) is 17.6 Å². The van der Waals surface area contributed by atoms with E-state index in [0.29, 0.717) is 19.5 Å². The third-order valence-electron chi connectivity index (χ3n) is 6.96. The number of anilines is 2. The van der Waals surface area contributed by atoms with Crippen LogP contribution >= 0.6 is 11.6 Å². The summed E-state index contributed by atoms with van der Waals surface area (Å²) in [5, 5.41) is 16.0. The Morgan fingerprint density at radius 3 is 2.02 bits per heavy atom. The largest absolute Gasteiger partial charge is 0.382 e. The highest BCUT2D eigenvalue weighted by Gasteiger charge is 2.17. The molecule has 1 heterocycles. The quantitative estimate of drug-likeness (QED) is 0.0755. The number of nitrogens with two attached hydrogens (primary N) is 3. The third kappa shape index (κ3) is 11.1. The molecule has 0 bridgehead atoms. The number of hydrogen-bond acceptors (Lipinski definition) is 9. The van der Waals surface area contributed by atoms with Gasteiger partial charge < -0.3 is 32.7 Å². The lowest BCUT2D eigenvalue weighted by atomic mass is 9.99. The van der Waals surface area contributed by atoms with Gasteiger partial charge in [0.1, 0.15) is 0 Å². The number of rotatable bonds is 15. The Bertz CT molecular complexity index is 1400. The minimum Gasteiger partial charge on any atom is -0.382 e. The van der Waals surface area contributed by atoms with Crippen LogP contribution in [0.1, 0.15) is 47.3 Å². The Balaban J connectivity index is 1.33. The molecule has 3 rings (SSSR count). The van der Waals surface area contributed by atoms with Gasteiger partial charge in [-0.25, -0.2) is 9.97 Å². The molecule has 0 aliphatic heterocycles. The van der Waals surface area contributed by atoms with Crippen molar-refractivity contribution in [3.05, 3.63) is 70.5 Å². The molecule has 0 spiro atoms. The van der Waals surface area contributed by atoms with Crippen molar-refractivity contribution in [1.29, 1.82) is 5.41 Å². The second-order valence-corrected chi connectivity index (χ2v) is 11.2. The smallest absolute Gasteiger partial charge is 0.280 e. The summed E-state index contributed by atoms with van der Waals surface area (Å²) in [5.74, 6) is -1.18. The molecule has 44 heavy (non-hydrogen) atoms. The fraction of sp³-hybridized carbons (Fsp3) is 0.387. The fourth-order valence-corrected chi connectivity index (χ4v) is 4.51. The summed E-state index contributed by atoms with van der Waals surface area (Å²) in [6.07, 6.45) is 5.00. The van der Waals surface area contributed by atoms with Crippen LogP contribution in [0.3, 0.4) is 0 Å². The molecule has 2 aromatic carbocycles. The number of carbonyl (C=O) groups excluding carboxylic acids is 2. The maximum Gasteiger partial charge on any atom is 0.280 e. The van der Waals surface area contributed by atoms with Gasteiger partial charge in [-0.3, -0.25) is 20.3 Å². The number of benzene rings is 2. The number of nitrogens with one attached hydrogen (secondary N) is 4. The maximum atomic E-state index is 12.3. The van der Waals surface area contributed by atoms with Crippen molar-refractivity contribution >= 4 is 41.0 Å². The highest BCUT2D eigenvalue weighted by atomic mass is 35.5. The minimum atomic E-state index is -0.693. The Kier molecular flexibility index (Phi) is 13.3. The van der Waals surface area contributed by atoms with Crippen LogP contribution in [0.15, 0.2) is 48.5 Å². The van der Waals surface area contributed by atoms with Crippen molar-refractivity contribution in [2.45, 2.75) is 44.6 Å². The number of amides is 2. The summed E-state index contributed by atoms with van der Waals surface area (Å²) in [6.45, 7) is 1.92. The van der Waals surface area contributed by atoms with Crippen LogP contribution in [-0.4, -0.2) is 72.4 Å². The predicted octanol–water partition coefficient (Wildman–Crippen LogP) is 2.57. The molecule has 12 nitrogen and oxygen atoms in total. The standard InChI is InChI=1S/C31H43ClN10O2/c1-42(2)19-16-24(33)29(43)37-18-5-7-21-10-14-23(15-11-21)22-12-8-20(9-13-22)6-3-4-17-38-31(36)41-30(44)25-27(34)40-28(35)26(32)39-25/h8-15,24H,3-7,16-19,33H2,1-2H3,(H,37,43)(H4,34,35,40)(H3,36,38,41,44). The first kappa shape index (κ1) is 34.2. The highest BCUT2D eigenvalue weighted by Crippen LogP contribution is 2.21. The molecule has 0 aliphatic carbocycles. The van der Waals surface area contributed by atoms with Gasteiger partial charge >= 0.3 is 0 Å². The van der Waals surface area contributed by atoms with Crippen LogP contribution < -0.4 is 33.2 Å². The molecule has 0 radical (unpaired) electrons. The van der Waals surface area contributed by atoms with E-state index >= 15 is 0 Å². The maximum absolute atomic E-state index is 12.3. The molecular formula is C31H43ClN10O2. The van der Waals surface area contributed by atoms with E-state index in [0.717, 1.165) is 49.8 Å². The van der Waals surface area contributed by atoms with Gasteiger partial charge in [0.25, 0.3) is 5.91 Å². The highest BCUT2D eigenvalue weighted by molar-refractivity contribution is 6.31. The molecule has 2 amide bonds. The summed E-state index contributed by atoms with van der Waals surface area (Å²) >= 11 is 5.81. The zero-order chi connectivity index (χ0) is 32.1. The van der Waals surface area contributed by atoms with E-state index in [-0.39, 0.29) is 34.3 Å². The number of aryl methyl sites for hydroxylation is 2. The number of hydrogen-bond donors (Lipinski definition) is 7. The van der Waals surface area contributed by atoms with Crippen molar-refractivity contribution in [3.8, 4) is 11.1 Å². The second-order valence-electron chi connectivity index (χ2n) is 10.8. The summed E-state index contributed by atoms with van der Waals surface area (Å²) in [4.78, 5) is 34.0. The second kappa shape index (κ2) is 17.1. The molecule has 1 unspecified atom stereocenters. The summed E-state index contributed by atoms with van der Waals surface area (Å²) in [5.41, 5.74) is 21.7. The first-order chi connectivity index (χ1) is 21.0. The zero-order valence-corrected chi connectivity index (χ0v) is 26.1. The summed E-state index contributed by atoms with van der Waals surface area (Å²) in [6, 6.07) is 16.6. The van der Waals surface area contributed by atoms with Crippen molar-refractivity contribution < 1.29 is 9.59 Å². The number of nitrogen functional groups attached to an aromatic ring is 2. The molecule has 1 aromatic heterocycles. The van der Waals surface area contributed by atoms with Crippen molar-refractivity contribution in [3.63, 3.8) is 0 Å². The van der Waals surface area contributed by atoms with Crippen LogP contribution in [0, 0.1) is 5.41 Å². The van der Waals surface area contributed by atoms with Crippen LogP contribution in [0.4, 0.5) is 11.6 Å². The summed E-state index contributed by atoms with van der Waals surface area (Å²) in [7, 11) is 3.93. The van der Waals surface area contributed by atoms with E-state index in [2.05, 4.69) is 74.4 Å². The van der Waals surface area contributed by atoms with E-state index in [1.165, 1.54) is 11.1 Å². The van der Waals surface area contributed by atoms with Crippen molar-refractivity contribution in [2.24, 2.45) is 5.73 Å². The Morgan fingerprint density at radius 1 is 0.864 bits per heavy atom. The number of carbonyl (C=O) groups is 2. The van der Waals surface area contributed by atoms with Gasteiger partial charge in [-0.2, -0.15) is 0 Å². The van der Waals surface area contributed by atoms with Gasteiger partial charge in [-0.15, -0.1) is 0 Å². The number of aromatic nitrogens is 2. The zero-order valence-electron chi connectivity index (χ0n) is 25.3. The number of nitrogens with zero attached hydrogens (tertiary/aromatic N) is 3. The van der Waals surface area contributed by atoms with Gasteiger partial charge in [0, 0.05) is 13.1 Å². The Morgan fingerprint density at radius 2 is 1.43 bits per heavy atom. The molecule has 0 fully saturated rings. The normalized spacial score (nSPS) is 11.7. The molecule has 1 atom stereocenters. The average Bonchev–Trinajstić information content (AvgIpc) is 3.00. The molecule has 13 heteroatoms. The number of unbranched alkanes of at least 4 members (excludes halogenated alkanes) is 1. The number of halogens is 1. The van der Waals surface area contributed by atoms with Crippen LogP contribution in [0.5, 0.6) is 0 Å². The van der Waals surface area contributed by atoms with Crippen LogP contribution in [0.25, 0.3) is 11.1 Å². The lowest BCUT2D eigenvalue weighted by Gasteiger charge is -2.15. The molecule has 10 N–H and O–H groups in total.